The van der Waals surface area contributed by atoms with Gasteiger partial charge in [0.1, 0.15) is 0 Å². The molecule has 1 fully saturated rings. The van der Waals surface area contributed by atoms with E-state index in [2.05, 4.69) is 5.32 Å². The predicted molar refractivity (Wildman–Crippen MR) is 57.4 cm³/mol. The van der Waals surface area contributed by atoms with E-state index >= 15 is 0 Å². The van der Waals surface area contributed by atoms with E-state index in [4.69, 9.17) is 22.1 Å². The Kier molecular flexibility index (Phi) is 2.91. The summed E-state index contributed by atoms with van der Waals surface area (Å²) in [5, 5.41) is 3.94. The van der Waals surface area contributed by atoms with Gasteiger partial charge in [-0.3, -0.25) is 0 Å². The molecule has 0 amide bonds. The van der Waals surface area contributed by atoms with E-state index in [9.17, 15) is 0 Å². The van der Waals surface area contributed by atoms with Crippen molar-refractivity contribution in [2.24, 2.45) is 0 Å². The lowest BCUT2D eigenvalue weighted by Gasteiger charge is -2.24. The summed E-state index contributed by atoms with van der Waals surface area (Å²) < 4.78 is 5.60. The van der Waals surface area contributed by atoms with Gasteiger partial charge in [0.15, 0.2) is 0 Å². The van der Waals surface area contributed by atoms with Crippen LogP contribution in [0.4, 0.5) is 5.69 Å². The van der Waals surface area contributed by atoms with Crippen LogP contribution in [0.15, 0.2) is 18.2 Å². The van der Waals surface area contributed by atoms with E-state index in [0.29, 0.717) is 10.7 Å². The van der Waals surface area contributed by atoms with Gasteiger partial charge in [-0.25, -0.2) is 0 Å². The number of ether oxygens (including phenoxy) is 1. The zero-order valence-corrected chi connectivity index (χ0v) is 8.55. The fourth-order valence-corrected chi connectivity index (χ4v) is 1.88. The second-order valence-electron chi connectivity index (χ2n) is 3.34. The van der Waals surface area contributed by atoms with Crippen LogP contribution in [0.2, 0.25) is 5.02 Å². The Hall–Kier alpha value is -0.770. The second kappa shape index (κ2) is 4.17. The molecule has 3 nitrogen and oxygen atoms in total. The van der Waals surface area contributed by atoms with Crippen LogP contribution in [0.3, 0.4) is 0 Å². The van der Waals surface area contributed by atoms with Gasteiger partial charge in [-0.05, 0) is 12.1 Å². The SMILES string of the molecule is Nc1ccc([C@H]2CNCCO2)c(Cl)c1. The number of morpholine rings is 1. The van der Waals surface area contributed by atoms with Crippen molar-refractivity contribution in [2.75, 3.05) is 25.4 Å². The molecular formula is C10H13ClN2O. The van der Waals surface area contributed by atoms with Gasteiger partial charge in [0.2, 0.25) is 0 Å². The lowest BCUT2D eigenvalue weighted by Crippen LogP contribution is -2.33. The summed E-state index contributed by atoms with van der Waals surface area (Å²) in [6, 6.07) is 5.53. The fraction of sp³-hybridized carbons (Fsp3) is 0.400. The maximum absolute atomic E-state index is 6.08. The highest BCUT2D eigenvalue weighted by Crippen LogP contribution is 2.27. The first-order valence-corrected chi connectivity index (χ1v) is 5.02. The Morgan fingerprint density at radius 3 is 3.00 bits per heavy atom. The van der Waals surface area contributed by atoms with Crippen molar-refractivity contribution >= 4 is 17.3 Å². The fourth-order valence-electron chi connectivity index (χ4n) is 1.57. The average molecular weight is 213 g/mol. The van der Waals surface area contributed by atoms with Crippen molar-refractivity contribution in [3.05, 3.63) is 28.8 Å². The summed E-state index contributed by atoms with van der Waals surface area (Å²) in [5.41, 5.74) is 7.31. The van der Waals surface area contributed by atoms with Crippen molar-refractivity contribution in [3.63, 3.8) is 0 Å². The molecule has 1 saturated heterocycles. The number of hydrogen-bond donors (Lipinski definition) is 2. The Morgan fingerprint density at radius 1 is 1.50 bits per heavy atom. The highest BCUT2D eigenvalue weighted by Gasteiger charge is 2.17. The monoisotopic (exact) mass is 212 g/mol. The third kappa shape index (κ3) is 2.00. The Labute approximate surface area is 88.2 Å². The molecule has 0 radical (unpaired) electrons. The van der Waals surface area contributed by atoms with Gasteiger partial charge in [-0.2, -0.15) is 0 Å². The molecule has 0 saturated carbocycles. The number of hydrogen-bond acceptors (Lipinski definition) is 3. The molecule has 1 aliphatic rings. The first-order valence-electron chi connectivity index (χ1n) is 4.64. The number of benzene rings is 1. The number of nitrogen functional groups attached to an aromatic ring is 1. The normalized spacial score (nSPS) is 22.2. The highest BCUT2D eigenvalue weighted by atomic mass is 35.5. The van der Waals surface area contributed by atoms with Crippen molar-refractivity contribution in [1.29, 1.82) is 0 Å². The first kappa shape index (κ1) is 9.77. The summed E-state index contributed by atoms with van der Waals surface area (Å²) in [5.74, 6) is 0. The molecule has 3 N–H and O–H groups in total. The third-order valence-electron chi connectivity index (χ3n) is 2.30. The number of rotatable bonds is 1. The molecule has 1 aromatic rings. The van der Waals surface area contributed by atoms with Crippen molar-refractivity contribution in [3.8, 4) is 0 Å². The largest absolute Gasteiger partial charge is 0.399 e. The lowest BCUT2D eigenvalue weighted by molar-refractivity contribution is 0.0278. The molecule has 0 bridgehead atoms. The van der Waals surface area contributed by atoms with Gasteiger partial charge in [-0.1, -0.05) is 17.7 Å². The molecule has 0 unspecified atom stereocenters. The smallest absolute Gasteiger partial charge is 0.0964 e. The van der Waals surface area contributed by atoms with E-state index in [0.717, 1.165) is 25.3 Å². The van der Waals surface area contributed by atoms with Crippen LogP contribution < -0.4 is 11.1 Å². The van der Waals surface area contributed by atoms with E-state index in [1.807, 2.05) is 12.1 Å². The summed E-state index contributed by atoms with van der Waals surface area (Å²) in [4.78, 5) is 0. The molecule has 0 spiro atoms. The molecule has 14 heavy (non-hydrogen) atoms. The maximum Gasteiger partial charge on any atom is 0.0964 e. The third-order valence-corrected chi connectivity index (χ3v) is 2.63. The summed E-state index contributed by atoms with van der Waals surface area (Å²) in [7, 11) is 0. The predicted octanol–water partition coefficient (Wildman–Crippen LogP) is 1.58. The van der Waals surface area contributed by atoms with Crippen LogP contribution >= 0.6 is 11.6 Å². The molecule has 2 rings (SSSR count). The van der Waals surface area contributed by atoms with Gasteiger partial charge >= 0.3 is 0 Å². The molecular weight excluding hydrogens is 200 g/mol. The summed E-state index contributed by atoms with van der Waals surface area (Å²) >= 11 is 6.08. The van der Waals surface area contributed by atoms with Crippen LogP contribution in [0.25, 0.3) is 0 Å². The zero-order chi connectivity index (χ0) is 9.97. The van der Waals surface area contributed by atoms with Crippen LogP contribution in [-0.4, -0.2) is 19.7 Å². The molecule has 0 aliphatic carbocycles. The number of anilines is 1. The Bertz CT molecular complexity index is 324. The summed E-state index contributed by atoms with van der Waals surface area (Å²) in [6.45, 7) is 2.44. The van der Waals surface area contributed by atoms with E-state index in [-0.39, 0.29) is 6.10 Å². The average Bonchev–Trinajstić information content (AvgIpc) is 2.19. The minimum atomic E-state index is 0.0526. The molecule has 1 heterocycles. The highest BCUT2D eigenvalue weighted by molar-refractivity contribution is 6.31. The topological polar surface area (TPSA) is 47.3 Å². The second-order valence-corrected chi connectivity index (χ2v) is 3.75. The van der Waals surface area contributed by atoms with Crippen LogP contribution in [0, 0.1) is 0 Å². The van der Waals surface area contributed by atoms with Gasteiger partial charge in [0.25, 0.3) is 0 Å². The van der Waals surface area contributed by atoms with Gasteiger partial charge < -0.3 is 15.8 Å². The molecule has 0 aromatic heterocycles. The summed E-state index contributed by atoms with van der Waals surface area (Å²) in [6.07, 6.45) is 0.0526. The molecule has 1 aromatic carbocycles. The Balaban J connectivity index is 2.22. The number of nitrogens with two attached hydrogens (primary N) is 1. The lowest BCUT2D eigenvalue weighted by atomic mass is 10.1. The van der Waals surface area contributed by atoms with E-state index in [1.165, 1.54) is 0 Å². The zero-order valence-electron chi connectivity index (χ0n) is 7.79. The number of nitrogens with one attached hydrogen (secondary N) is 1. The molecule has 1 atom stereocenters. The Morgan fingerprint density at radius 2 is 2.36 bits per heavy atom. The van der Waals surface area contributed by atoms with Crippen LogP contribution in [0.5, 0.6) is 0 Å². The standard InChI is InChI=1S/C10H13ClN2O/c11-9-5-7(12)1-2-8(9)10-6-13-3-4-14-10/h1-2,5,10,13H,3-4,6,12H2/t10-/m1/s1. The minimum absolute atomic E-state index is 0.0526. The van der Waals surface area contributed by atoms with Crippen molar-refractivity contribution < 1.29 is 4.74 Å². The van der Waals surface area contributed by atoms with E-state index in [1.54, 1.807) is 6.07 Å². The maximum atomic E-state index is 6.08. The van der Waals surface area contributed by atoms with Crippen molar-refractivity contribution in [1.82, 2.24) is 5.32 Å². The van der Waals surface area contributed by atoms with Gasteiger partial charge in [-0.15, -0.1) is 0 Å². The van der Waals surface area contributed by atoms with Gasteiger partial charge in [0.05, 0.1) is 12.7 Å². The number of halogens is 1. The quantitative estimate of drug-likeness (QED) is 0.695. The molecule has 4 heteroatoms. The van der Waals surface area contributed by atoms with Gasteiger partial charge in [0, 0.05) is 29.4 Å². The van der Waals surface area contributed by atoms with E-state index < -0.39 is 0 Å². The minimum Gasteiger partial charge on any atom is -0.399 e. The molecule has 1 aliphatic heterocycles. The van der Waals surface area contributed by atoms with Crippen LogP contribution in [-0.2, 0) is 4.74 Å². The first-order chi connectivity index (χ1) is 6.77. The van der Waals surface area contributed by atoms with Crippen LogP contribution in [0.1, 0.15) is 11.7 Å². The van der Waals surface area contributed by atoms with Crippen molar-refractivity contribution in [2.45, 2.75) is 6.10 Å². The molecule has 76 valence electrons.